The van der Waals surface area contributed by atoms with Crippen molar-refractivity contribution in [1.29, 1.82) is 0 Å². The van der Waals surface area contributed by atoms with E-state index in [4.69, 9.17) is 0 Å². The van der Waals surface area contributed by atoms with Crippen LogP contribution in [0.4, 0.5) is 4.39 Å². The van der Waals surface area contributed by atoms with E-state index >= 15 is 0 Å². The number of benzene rings is 3. The average molecular weight is 677 g/mol. The van der Waals surface area contributed by atoms with Crippen molar-refractivity contribution in [3.8, 4) is 11.3 Å². The Morgan fingerprint density at radius 1 is 0.919 bits per heavy atom. The molecule has 0 spiro atoms. The molecule has 0 saturated heterocycles. The van der Waals surface area contributed by atoms with Crippen LogP contribution in [0.25, 0.3) is 32.9 Å². The average Bonchev–Trinajstić information content (AvgIpc) is 2.77. The molecule has 0 aliphatic heterocycles. The molecule has 0 fully saturated rings. The summed E-state index contributed by atoms with van der Waals surface area (Å²) in [7, 11) is 0. The number of allylic oxidation sites excluding steroid dienone is 2. The number of pyridine rings is 1. The van der Waals surface area contributed by atoms with Crippen molar-refractivity contribution in [2.24, 2.45) is 10.8 Å². The minimum absolute atomic E-state index is 0. The van der Waals surface area contributed by atoms with Gasteiger partial charge in [-0.2, -0.15) is 0 Å². The zero-order chi connectivity index (χ0) is 26.8. The molecular weight excluding hydrogens is 642 g/mol. The Kier molecular flexibility index (Phi) is 9.57. The van der Waals surface area contributed by atoms with E-state index in [9.17, 15) is 14.3 Å². The number of fused-ring (bicyclic) bond motifs is 3. The molecular formula is C32H35FIrNO2-. The first-order valence-corrected chi connectivity index (χ1v) is 12.1. The summed E-state index contributed by atoms with van der Waals surface area (Å²) in [6, 6.07) is 20.7. The summed E-state index contributed by atoms with van der Waals surface area (Å²) in [5.41, 5.74) is 3.17. The molecule has 1 N–H and O–H groups in total. The molecule has 0 aliphatic carbocycles. The fraction of sp³-hybridized carbons (Fsp3) is 0.312. The normalized spacial score (nSPS) is 12.1. The molecule has 0 aliphatic rings. The molecule has 4 aromatic rings. The predicted molar refractivity (Wildman–Crippen MR) is 148 cm³/mol. The molecule has 5 heteroatoms. The number of aromatic nitrogens is 1. The van der Waals surface area contributed by atoms with E-state index in [0.29, 0.717) is 11.3 Å². The van der Waals surface area contributed by atoms with E-state index in [1.165, 1.54) is 6.08 Å². The van der Waals surface area contributed by atoms with Crippen molar-refractivity contribution < 1.29 is 34.4 Å². The number of nitrogens with zero attached hydrogens (tertiary/aromatic N) is 1. The number of hydrogen-bond acceptors (Lipinski definition) is 3. The fourth-order valence-corrected chi connectivity index (χ4v) is 3.67. The fourth-order valence-electron chi connectivity index (χ4n) is 3.67. The molecule has 0 unspecified atom stereocenters. The van der Waals surface area contributed by atoms with Gasteiger partial charge in [0.2, 0.25) is 0 Å². The van der Waals surface area contributed by atoms with Gasteiger partial charge in [0.05, 0.1) is 5.52 Å². The van der Waals surface area contributed by atoms with Gasteiger partial charge in [0.25, 0.3) is 0 Å². The minimum atomic E-state index is -0.417. The topological polar surface area (TPSA) is 50.2 Å². The van der Waals surface area contributed by atoms with Crippen molar-refractivity contribution in [3.63, 3.8) is 0 Å². The largest absolute Gasteiger partial charge is 0.512 e. The van der Waals surface area contributed by atoms with Crippen LogP contribution in [0, 0.1) is 36.6 Å². The van der Waals surface area contributed by atoms with Crippen LogP contribution in [0.5, 0.6) is 0 Å². The molecule has 0 atom stereocenters. The maximum atomic E-state index is 14.7. The van der Waals surface area contributed by atoms with Gasteiger partial charge >= 0.3 is 0 Å². The van der Waals surface area contributed by atoms with Crippen LogP contribution in [0.2, 0.25) is 0 Å². The summed E-state index contributed by atoms with van der Waals surface area (Å²) in [6.45, 7) is 15.1. The number of carbonyl (C=O) groups excluding carboxylic acids is 1. The van der Waals surface area contributed by atoms with Gasteiger partial charge in [0, 0.05) is 48.1 Å². The van der Waals surface area contributed by atoms with E-state index in [1.807, 2.05) is 104 Å². The monoisotopic (exact) mass is 677 g/mol. The molecule has 3 nitrogen and oxygen atoms in total. The Morgan fingerprint density at radius 2 is 1.57 bits per heavy atom. The van der Waals surface area contributed by atoms with Crippen molar-refractivity contribution >= 4 is 27.5 Å². The maximum absolute atomic E-state index is 14.7. The second-order valence-corrected chi connectivity index (χ2v) is 11.3. The van der Waals surface area contributed by atoms with Crippen LogP contribution in [0.1, 0.15) is 52.7 Å². The van der Waals surface area contributed by atoms with Gasteiger partial charge in [-0.3, -0.25) is 9.78 Å². The number of halogens is 1. The molecule has 3 aromatic carbocycles. The third kappa shape index (κ3) is 7.56. The number of aliphatic hydroxyl groups is 1. The van der Waals surface area contributed by atoms with E-state index < -0.39 is 5.41 Å². The van der Waals surface area contributed by atoms with Gasteiger partial charge in [0.15, 0.2) is 5.78 Å². The molecule has 1 aromatic heterocycles. The first-order chi connectivity index (χ1) is 16.7. The summed E-state index contributed by atoms with van der Waals surface area (Å²) >= 11 is 0. The Bertz CT molecular complexity index is 1440. The summed E-state index contributed by atoms with van der Waals surface area (Å²) in [6.07, 6.45) is 1.33. The summed E-state index contributed by atoms with van der Waals surface area (Å²) in [4.78, 5) is 16.1. The van der Waals surface area contributed by atoms with Crippen molar-refractivity contribution in [3.05, 3.63) is 89.4 Å². The number of aliphatic hydroxyl groups excluding tert-OH is 1. The number of carbonyl (C=O) groups is 1. The molecule has 0 saturated carbocycles. The zero-order valence-electron chi connectivity index (χ0n) is 22.8. The first-order valence-electron chi connectivity index (χ1n) is 12.1. The van der Waals surface area contributed by atoms with E-state index in [2.05, 4.69) is 11.1 Å². The third-order valence-electron chi connectivity index (χ3n) is 5.86. The zero-order valence-corrected chi connectivity index (χ0v) is 25.2. The van der Waals surface area contributed by atoms with Crippen LogP contribution in [-0.2, 0) is 24.9 Å². The van der Waals surface area contributed by atoms with Gasteiger partial charge < -0.3 is 5.11 Å². The standard InChI is InChI=1S/C21H15FN.C11H20O2.Ir/c1-13-9-14(2)11-16(10-13)21-19(22)12-18-17-6-4-3-5-15(17)7-8-20(18)23-21;1-10(2,3)8(12)7-9(13)11(4,5)6;/h3-10,12H,1-2H3;7,12H,1-6H3;/q-1;;/b;8-7-;. The van der Waals surface area contributed by atoms with Crippen molar-refractivity contribution in [2.75, 3.05) is 0 Å². The maximum Gasteiger partial charge on any atom is 0.164 e. The number of hydrogen-bond donors (Lipinski definition) is 1. The summed E-state index contributed by atoms with van der Waals surface area (Å²) in [5, 5.41) is 12.5. The Labute approximate surface area is 233 Å². The molecule has 4 rings (SSSR count). The van der Waals surface area contributed by atoms with Gasteiger partial charge in [-0.1, -0.05) is 85.7 Å². The second kappa shape index (κ2) is 11.7. The minimum Gasteiger partial charge on any atom is -0.512 e. The Balaban J connectivity index is 0.000000299. The molecule has 0 amide bonds. The van der Waals surface area contributed by atoms with E-state index in [-0.39, 0.29) is 42.9 Å². The van der Waals surface area contributed by atoms with Crippen LogP contribution >= 0.6 is 0 Å². The summed E-state index contributed by atoms with van der Waals surface area (Å²) < 4.78 is 14.7. The smallest absolute Gasteiger partial charge is 0.164 e. The van der Waals surface area contributed by atoms with Gasteiger partial charge in [-0.15, -0.1) is 34.9 Å². The van der Waals surface area contributed by atoms with Gasteiger partial charge in [-0.05, 0) is 22.9 Å². The third-order valence-corrected chi connectivity index (χ3v) is 5.86. The number of rotatable bonds is 2. The quantitative estimate of drug-likeness (QED) is 0.100. The van der Waals surface area contributed by atoms with Crippen molar-refractivity contribution in [1.82, 2.24) is 4.98 Å². The molecule has 1 heterocycles. The molecule has 0 bridgehead atoms. The van der Waals surface area contributed by atoms with Crippen LogP contribution < -0.4 is 0 Å². The van der Waals surface area contributed by atoms with Crippen molar-refractivity contribution in [2.45, 2.75) is 55.4 Å². The van der Waals surface area contributed by atoms with E-state index in [0.717, 1.165) is 32.8 Å². The van der Waals surface area contributed by atoms with Crippen LogP contribution in [-0.4, -0.2) is 15.9 Å². The Morgan fingerprint density at radius 3 is 2.16 bits per heavy atom. The second-order valence-electron chi connectivity index (χ2n) is 11.3. The predicted octanol–water partition coefficient (Wildman–Crippen LogP) is 8.70. The summed E-state index contributed by atoms with van der Waals surface area (Å²) in [5.74, 6) is -0.206. The Hall–Kier alpha value is -2.88. The van der Waals surface area contributed by atoms with Gasteiger partial charge in [-0.25, -0.2) is 4.39 Å². The van der Waals surface area contributed by atoms with Crippen LogP contribution in [0.3, 0.4) is 0 Å². The molecule has 1 radical (unpaired) electrons. The first kappa shape index (κ1) is 30.3. The van der Waals surface area contributed by atoms with E-state index in [1.54, 1.807) is 6.07 Å². The number of aryl methyl sites for hydroxylation is 2. The molecule has 197 valence electrons. The SMILES string of the molecule is CC(C)(C)C(=O)/C=C(\O)C(C)(C)C.Cc1[c-]c(-c2nc3ccc4ccccc4c3cc2F)cc(C)c1.[Ir]. The van der Waals surface area contributed by atoms with Gasteiger partial charge in [0.1, 0.15) is 11.6 Å². The molecule has 37 heavy (non-hydrogen) atoms. The number of ketones is 1. The van der Waals surface area contributed by atoms with Crippen LogP contribution in [0.15, 0.2) is 66.4 Å².